The zero-order chi connectivity index (χ0) is 26.2. The summed E-state index contributed by atoms with van der Waals surface area (Å²) in [7, 11) is 0. The fourth-order valence-electron chi connectivity index (χ4n) is 6.31. The molecule has 40 heavy (non-hydrogen) atoms. The van der Waals surface area contributed by atoms with Crippen LogP contribution in [0.1, 0.15) is 0 Å². The summed E-state index contributed by atoms with van der Waals surface area (Å²) in [6, 6.07) is 40.4. The lowest BCUT2D eigenvalue weighted by molar-refractivity contribution is 1.09. The molecule has 9 rings (SSSR count). The van der Waals surface area contributed by atoms with Gasteiger partial charge in [0.25, 0.3) is 0 Å². The first kappa shape index (κ1) is 21.4. The summed E-state index contributed by atoms with van der Waals surface area (Å²) >= 11 is 0. The molecule has 0 N–H and O–H groups in total. The molecule has 9 aromatic rings. The van der Waals surface area contributed by atoms with Crippen molar-refractivity contribution in [1.29, 1.82) is 0 Å². The van der Waals surface area contributed by atoms with Gasteiger partial charge in [0, 0.05) is 39.5 Å². The Hall–Kier alpha value is -5.55. The molecule has 0 fully saturated rings. The first-order valence-corrected chi connectivity index (χ1v) is 13.4. The largest absolute Gasteiger partial charge is 0.293 e. The second kappa shape index (κ2) is 7.98. The van der Waals surface area contributed by atoms with E-state index in [9.17, 15) is 0 Å². The quantitative estimate of drug-likeness (QED) is 0.219. The summed E-state index contributed by atoms with van der Waals surface area (Å²) in [5.41, 5.74) is 8.44. The number of hydrogen-bond donors (Lipinski definition) is 0. The smallest absolute Gasteiger partial charge is 0.146 e. The molecule has 4 aromatic carbocycles. The molecule has 5 aromatic heterocycles. The van der Waals surface area contributed by atoms with Gasteiger partial charge in [0.05, 0.1) is 33.3 Å². The summed E-state index contributed by atoms with van der Waals surface area (Å²) in [4.78, 5) is 14.5. The van der Waals surface area contributed by atoms with E-state index in [0.717, 1.165) is 55.7 Å². The summed E-state index contributed by atoms with van der Waals surface area (Å²) in [5, 5.41) is 5.91. The van der Waals surface area contributed by atoms with E-state index in [2.05, 4.69) is 117 Å². The van der Waals surface area contributed by atoms with Crippen molar-refractivity contribution in [2.45, 2.75) is 0 Å². The van der Waals surface area contributed by atoms with Crippen LogP contribution in [0.5, 0.6) is 0 Å². The Balaban J connectivity index is 1.52. The molecule has 5 heteroatoms. The molecule has 0 bridgehead atoms. The van der Waals surface area contributed by atoms with E-state index >= 15 is 0 Å². The Bertz CT molecular complexity index is 2430. The van der Waals surface area contributed by atoms with Crippen LogP contribution in [0, 0.1) is 0 Å². The number of hydrogen-bond acceptors (Lipinski definition) is 3. The molecular weight excluding hydrogens is 490 g/mol. The third kappa shape index (κ3) is 2.83. The lowest BCUT2D eigenvalue weighted by Gasteiger charge is -2.14. The Morgan fingerprint density at radius 2 is 1.25 bits per heavy atom. The lowest BCUT2D eigenvalue weighted by Crippen LogP contribution is -2.00. The maximum absolute atomic E-state index is 5.19. The van der Waals surface area contributed by atoms with Gasteiger partial charge in [-0.05, 0) is 53.9 Å². The fraction of sp³-hybridized carbons (Fsp3) is 0. The molecule has 186 valence electrons. The van der Waals surface area contributed by atoms with Crippen LogP contribution >= 0.6 is 0 Å². The van der Waals surface area contributed by atoms with Crippen LogP contribution < -0.4 is 0 Å². The third-order valence-electron chi connectivity index (χ3n) is 7.99. The predicted molar refractivity (Wildman–Crippen MR) is 163 cm³/mol. The number of nitrogens with zero attached hydrogens (tertiary/aromatic N) is 5. The summed E-state index contributed by atoms with van der Waals surface area (Å²) in [6.07, 6.45) is 3.62. The van der Waals surface area contributed by atoms with Gasteiger partial charge >= 0.3 is 0 Å². The van der Waals surface area contributed by atoms with Gasteiger partial charge in [-0.1, -0.05) is 66.7 Å². The standard InChI is InChI=1S/C35H21N5/c1-2-10-26-24(9-1)33-31(39-30-14-6-4-11-28(30)38-35(26)39)17-16-25-23-8-3-5-13-29(23)40(34(25)33)32-15-7-12-27(37-32)22-18-20-36-21-19-22/h1-21H. The summed E-state index contributed by atoms with van der Waals surface area (Å²) in [6.45, 7) is 0. The number of pyridine rings is 3. The van der Waals surface area contributed by atoms with Crippen molar-refractivity contribution in [2.75, 3.05) is 0 Å². The molecule has 5 heterocycles. The van der Waals surface area contributed by atoms with E-state index in [0.29, 0.717) is 0 Å². The number of benzene rings is 4. The van der Waals surface area contributed by atoms with E-state index in [1.807, 2.05) is 24.5 Å². The van der Waals surface area contributed by atoms with E-state index < -0.39 is 0 Å². The first-order valence-electron chi connectivity index (χ1n) is 13.4. The minimum Gasteiger partial charge on any atom is -0.293 e. The van der Waals surface area contributed by atoms with Crippen LogP contribution in [0.3, 0.4) is 0 Å². The second-order valence-electron chi connectivity index (χ2n) is 10.1. The van der Waals surface area contributed by atoms with Crippen LogP contribution in [-0.4, -0.2) is 23.9 Å². The molecular formula is C35H21N5. The molecule has 0 unspecified atom stereocenters. The van der Waals surface area contributed by atoms with Gasteiger partial charge < -0.3 is 0 Å². The second-order valence-corrected chi connectivity index (χ2v) is 10.1. The molecule has 0 atom stereocenters. The highest BCUT2D eigenvalue weighted by Crippen LogP contribution is 2.41. The number of imidazole rings is 1. The van der Waals surface area contributed by atoms with Crippen LogP contribution in [0.2, 0.25) is 0 Å². The normalized spacial score (nSPS) is 12.0. The predicted octanol–water partition coefficient (Wildman–Crippen LogP) is 8.35. The van der Waals surface area contributed by atoms with E-state index in [1.54, 1.807) is 0 Å². The molecule has 0 aliphatic heterocycles. The SMILES string of the molecule is c1cc(-c2ccncc2)nc(-n2c3ccccc3c3ccc4c(c5ccccc5c5nc6ccccc6n45)c32)c1. The van der Waals surface area contributed by atoms with Gasteiger partial charge in [-0.2, -0.15) is 0 Å². The highest BCUT2D eigenvalue weighted by atomic mass is 15.1. The monoisotopic (exact) mass is 511 g/mol. The molecule has 0 radical (unpaired) electrons. The topological polar surface area (TPSA) is 48.0 Å². The number of fused-ring (bicyclic) bond motifs is 12. The maximum Gasteiger partial charge on any atom is 0.146 e. The summed E-state index contributed by atoms with van der Waals surface area (Å²) < 4.78 is 4.64. The zero-order valence-corrected chi connectivity index (χ0v) is 21.4. The fourth-order valence-corrected chi connectivity index (χ4v) is 6.31. The van der Waals surface area contributed by atoms with Gasteiger partial charge in [-0.15, -0.1) is 0 Å². The van der Waals surface area contributed by atoms with Crippen LogP contribution in [0.4, 0.5) is 0 Å². The molecule has 0 aliphatic rings. The molecule has 0 saturated heterocycles. The maximum atomic E-state index is 5.19. The van der Waals surface area contributed by atoms with Crippen LogP contribution in [-0.2, 0) is 0 Å². The van der Waals surface area contributed by atoms with E-state index in [1.165, 1.54) is 21.5 Å². The minimum absolute atomic E-state index is 0.882. The van der Waals surface area contributed by atoms with Crippen LogP contribution in [0.15, 0.2) is 128 Å². The number of rotatable bonds is 2. The highest BCUT2D eigenvalue weighted by molar-refractivity contribution is 6.27. The van der Waals surface area contributed by atoms with Crippen molar-refractivity contribution in [3.05, 3.63) is 128 Å². The zero-order valence-electron chi connectivity index (χ0n) is 21.4. The Kier molecular flexibility index (Phi) is 4.27. The van der Waals surface area contributed by atoms with Crippen molar-refractivity contribution in [1.82, 2.24) is 23.9 Å². The molecule has 0 saturated carbocycles. The van der Waals surface area contributed by atoms with Crippen molar-refractivity contribution in [2.24, 2.45) is 0 Å². The van der Waals surface area contributed by atoms with Gasteiger partial charge in [0.15, 0.2) is 0 Å². The Morgan fingerprint density at radius 3 is 2.12 bits per heavy atom. The highest BCUT2D eigenvalue weighted by Gasteiger charge is 2.21. The molecule has 0 spiro atoms. The molecule has 0 aliphatic carbocycles. The molecule has 0 amide bonds. The van der Waals surface area contributed by atoms with Gasteiger partial charge in [-0.3, -0.25) is 14.0 Å². The number of aromatic nitrogens is 5. The van der Waals surface area contributed by atoms with Crippen LogP contribution in [0.25, 0.3) is 77.2 Å². The van der Waals surface area contributed by atoms with Crippen molar-refractivity contribution in [3.8, 4) is 17.1 Å². The lowest BCUT2D eigenvalue weighted by atomic mass is 10.0. The minimum atomic E-state index is 0.882. The third-order valence-corrected chi connectivity index (χ3v) is 7.99. The number of para-hydroxylation sites is 3. The Morgan fingerprint density at radius 1 is 0.500 bits per heavy atom. The average molecular weight is 512 g/mol. The average Bonchev–Trinajstić information content (AvgIpc) is 3.58. The van der Waals surface area contributed by atoms with E-state index in [4.69, 9.17) is 9.97 Å². The van der Waals surface area contributed by atoms with Crippen molar-refractivity contribution < 1.29 is 0 Å². The van der Waals surface area contributed by atoms with Gasteiger partial charge in [-0.25, -0.2) is 9.97 Å². The van der Waals surface area contributed by atoms with Crippen molar-refractivity contribution in [3.63, 3.8) is 0 Å². The first-order chi connectivity index (χ1) is 19.9. The van der Waals surface area contributed by atoms with Crippen molar-refractivity contribution >= 4 is 60.2 Å². The van der Waals surface area contributed by atoms with E-state index in [-0.39, 0.29) is 0 Å². The Labute approximate surface area is 228 Å². The van der Waals surface area contributed by atoms with Gasteiger partial charge in [0.2, 0.25) is 0 Å². The molecule has 5 nitrogen and oxygen atoms in total. The van der Waals surface area contributed by atoms with Gasteiger partial charge in [0.1, 0.15) is 11.5 Å². The summed E-state index contributed by atoms with van der Waals surface area (Å²) in [5.74, 6) is 0.882.